The van der Waals surface area contributed by atoms with Gasteiger partial charge in [-0.3, -0.25) is 0 Å². The summed E-state index contributed by atoms with van der Waals surface area (Å²) < 4.78 is 5.41. The Morgan fingerprint density at radius 3 is 2.00 bits per heavy atom. The fraction of sp³-hybridized carbons (Fsp3) is 1.00. The van der Waals surface area contributed by atoms with Gasteiger partial charge < -0.3 is 4.74 Å². The van der Waals surface area contributed by atoms with Crippen LogP contribution in [-0.2, 0) is 4.74 Å². The van der Waals surface area contributed by atoms with Crippen LogP contribution in [0.25, 0.3) is 0 Å². The number of rotatable bonds is 1. The molecule has 3 rings (SSSR count). The van der Waals surface area contributed by atoms with Gasteiger partial charge in [0.1, 0.15) is 0 Å². The molecule has 0 radical (unpaired) electrons. The summed E-state index contributed by atoms with van der Waals surface area (Å²) in [6.07, 6.45) is 5.69. The number of alkyl halides is 1. The Bertz CT molecular complexity index is 138. The SMILES string of the molecule is CO[C@H]1C2CCC(CC2)C1Cl. The highest BCUT2D eigenvalue weighted by atomic mass is 35.5. The van der Waals surface area contributed by atoms with Crippen LogP contribution in [0.5, 0.6) is 0 Å². The van der Waals surface area contributed by atoms with Crippen molar-refractivity contribution >= 4 is 11.6 Å². The van der Waals surface area contributed by atoms with Crippen molar-refractivity contribution in [3.8, 4) is 0 Å². The van der Waals surface area contributed by atoms with E-state index in [0.717, 1.165) is 11.8 Å². The zero-order valence-corrected chi connectivity index (χ0v) is 7.68. The molecule has 2 atom stereocenters. The van der Waals surface area contributed by atoms with E-state index in [4.69, 9.17) is 16.3 Å². The first-order valence-corrected chi connectivity index (χ1v) is 4.93. The molecule has 3 aliphatic carbocycles. The summed E-state index contributed by atoms with van der Waals surface area (Å²) in [4.78, 5) is 0. The second kappa shape index (κ2) is 2.95. The van der Waals surface area contributed by atoms with Crippen LogP contribution in [0, 0.1) is 11.8 Å². The first-order valence-electron chi connectivity index (χ1n) is 4.50. The van der Waals surface area contributed by atoms with Crippen molar-refractivity contribution < 1.29 is 4.74 Å². The molecule has 0 aromatic heterocycles. The van der Waals surface area contributed by atoms with Gasteiger partial charge in [-0.1, -0.05) is 0 Å². The van der Waals surface area contributed by atoms with Gasteiger partial charge in [0.05, 0.1) is 11.5 Å². The molecule has 1 nitrogen and oxygen atoms in total. The molecule has 0 amide bonds. The molecule has 3 fully saturated rings. The van der Waals surface area contributed by atoms with Gasteiger partial charge in [0.25, 0.3) is 0 Å². The molecule has 2 bridgehead atoms. The van der Waals surface area contributed by atoms with Crippen molar-refractivity contribution in [2.24, 2.45) is 11.8 Å². The number of halogens is 1. The summed E-state index contributed by atoms with van der Waals surface area (Å²) in [7, 11) is 1.79. The molecule has 0 spiro atoms. The molecule has 1 unspecified atom stereocenters. The lowest BCUT2D eigenvalue weighted by Crippen LogP contribution is -2.45. The van der Waals surface area contributed by atoms with Crippen molar-refractivity contribution in [3.63, 3.8) is 0 Å². The molecule has 11 heavy (non-hydrogen) atoms. The van der Waals surface area contributed by atoms with Crippen LogP contribution in [0.15, 0.2) is 0 Å². The minimum absolute atomic E-state index is 0.299. The topological polar surface area (TPSA) is 9.23 Å². The first kappa shape index (κ1) is 7.88. The van der Waals surface area contributed by atoms with E-state index in [0.29, 0.717) is 11.5 Å². The number of hydrogen-bond acceptors (Lipinski definition) is 1. The molecule has 3 aliphatic rings. The molecular formula is C9H15ClO. The summed E-state index contributed by atoms with van der Waals surface area (Å²) in [5.41, 5.74) is 0. The fourth-order valence-corrected chi connectivity index (χ4v) is 3.20. The average Bonchev–Trinajstić information content (AvgIpc) is 2.06. The second-order valence-corrected chi connectivity index (χ2v) is 4.32. The Hall–Kier alpha value is 0.250. The molecule has 3 saturated carbocycles. The summed E-state index contributed by atoms with van der Waals surface area (Å²) >= 11 is 6.25. The van der Waals surface area contributed by atoms with Crippen LogP contribution >= 0.6 is 11.6 Å². The number of hydrogen-bond donors (Lipinski definition) is 0. The Labute approximate surface area is 73.1 Å². The highest BCUT2D eigenvalue weighted by Gasteiger charge is 2.42. The third-order valence-electron chi connectivity index (χ3n) is 3.32. The lowest BCUT2D eigenvalue weighted by molar-refractivity contribution is -0.0245. The van der Waals surface area contributed by atoms with E-state index >= 15 is 0 Å². The number of methoxy groups -OCH3 is 1. The third kappa shape index (κ3) is 1.19. The molecule has 0 saturated heterocycles. The van der Waals surface area contributed by atoms with Gasteiger partial charge in [0, 0.05) is 7.11 Å². The summed E-state index contributed by atoms with van der Waals surface area (Å²) in [6.45, 7) is 0. The quantitative estimate of drug-likeness (QED) is 0.555. The Morgan fingerprint density at radius 2 is 1.64 bits per heavy atom. The minimum Gasteiger partial charge on any atom is -0.380 e. The van der Waals surface area contributed by atoms with Crippen molar-refractivity contribution in [1.82, 2.24) is 0 Å². The van der Waals surface area contributed by atoms with E-state index < -0.39 is 0 Å². The maximum absolute atomic E-state index is 6.25. The van der Waals surface area contributed by atoms with Gasteiger partial charge in [-0.25, -0.2) is 0 Å². The van der Waals surface area contributed by atoms with Crippen LogP contribution in [0.3, 0.4) is 0 Å². The van der Waals surface area contributed by atoms with Gasteiger partial charge in [-0.05, 0) is 37.5 Å². The number of ether oxygens (including phenoxy) is 1. The minimum atomic E-state index is 0.299. The summed E-state index contributed by atoms with van der Waals surface area (Å²) in [6, 6.07) is 0. The molecule has 0 heterocycles. The van der Waals surface area contributed by atoms with E-state index in [9.17, 15) is 0 Å². The maximum atomic E-state index is 6.25. The Morgan fingerprint density at radius 1 is 1.09 bits per heavy atom. The predicted molar refractivity (Wildman–Crippen MR) is 45.9 cm³/mol. The van der Waals surface area contributed by atoms with Gasteiger partial charge >= 0.3 is 0 Å². The number of fused-ring (bicyclic) bond motifs is 3. The van der Waals surface area contributed by atoms with E-state index in [1.807, 2.05) is 0 Å². The zero-order chi connectivity index (χ0) is 7.84. The van der Waals surface area contributed by atoms with Gasteiger partial charge in [0.2, 0.25) is 0 Å². The normalized spacial score (nSPS) is 49.6. The average molecular weight is 175 g/mol. The van der Waals surface area contributed by atoms with Crippen molar-refractivity contribution in [2.45, 2.75) is 37.2 Å². The smallest absolute Gasteiger partial charge is 0.0765 e. The largest absolute Gasteiger partial charge is 0.380 e. The molecule has 0 aromatic carbocycles. The highest BCUT2D eigenvalue weighted by molar-refractivity contribution is 6.21. The Balaban J connectivity index is 2.10. The summed E-state index contributed by atoms with van der Waals surface area (Å²) in [5, 5.41) is 0.299. The van der Waals surface area contributed by atoms with Gasteiger partial charge in [-0.15, -0.1) is 11.6 Å². The van der Waals surface area contributed by atoms with Crippen molar-refractivity contribution in [1.29, 1.82) is 0 Å². The first-order chi connectivity index (χ1) is 5.33. The second-order valence-electron chi connectivity index (χ2n) is 3.82. The standard InChI is InChI=1S/C9H15ClO/c1-11-9-7-4-2-6(3-5-7)8(9)10/h6-9H,2-5H2,1H3/t6?,7?,8?,9-/m0/s1. The van der Waals surface area contributed by atoms with Crippen LogP contribution in [-0.4, -0.2) is 18.6 Å². The van der Waals surface area contributed by atoms with E-state index in [-0.39, 0.29) is 0 Å². The summed E-state index contributed by atoms with van der Waals surface area (Å²) in [5.74, 6) is 1.50. The third-order valence-corrected chi connectivity index (χ3v) is 3.92. The van der Waals surface area contributed by atoms with E-state index in [1.54, 1.807) is 7.11 Å². The monoisotopic (exact) mass is 174 g/mol. The molecule has 2 heteroatoms. The van der Waals surface area contributed by atoms with Gasteiger partial charge in [-0.2, -0.15) is 0 Å². The predicted octanol–water partition coefficient (Wildman–Crippen LogP) is 2.43. The molecule has 64 valence electrons. The van der Waals surface area contributed by atoms with E-state index in [2.05, 4.69) is 0 Å². The van der Waals surface area contributed by atoms with Crippen LogP contribution in [0.4, 0.5) is 0 Å². The lowest BCUT2D eigenvalue weighted by Gasteiger charge is -2.45. The molecule has 0 aromatic rings. The fourth-order valence-electron chi connectivity index (χ4n) is 2.64. The van der Waals surface area contributed by atoms with Crippen LogP contribution in [0.1, 0.15) is 25.7 Å². The maximum Gasteiger partial charge on any atom is 0.0765 e. The van der Waals surface area contributed by atoms with Crippen molar-refractivity contribution in [2.75, 3.05) is 7.11 Å². The molecular weight excluding hydrogens is 160 g/mol. The highest BCUT2D eigenvalue weighted by Crippen LogP contribution is 2.44. The Kier molecular flexibility index (Phi) is 2.11. The van der Waals surface area contributed by atoms with Crippen molar-refractivity contribution in [3.05, 3.63) is 0 Å². The molecule has 0 N–H and O–H groups in total. The van der Waals surface area contributed by atoms with E-state index in [1.165, 1.54) is 25.7 Å². The van der Waals surface area contributed by atoms with Crippen LogP contribution in [0.2, 0.25) is 0 Å². The molecule has 0 aliphatic heterocycles. The zero-order valence-electron chi connectivity index (χ0n) is 6.92. The van der Waals surface area contributed by atoms with Gasteiger partial charge in [0.15, 0.2) is 0 Å². The lowest BCUT2D eigenvalue weighted by atomic mass is 9.69. The van der Waals surface area contributed by atoms with Crippen LogP contribution < -0.4 is 0 Å².